The molecule has 4 rings (SSSR count). The minimum Gasteiger partial charge on any atom is -0.475 e. The standard InChI is InChI=1S/C23H28N8O2.C2H6/c1-7-16-13-24-20-10-9-19(27-31(16)20)17-14-25-30(6)23(17)33-12-11-28(4)22(32)21-15(3)18(8-2)26-29(21)5;1-2/h7,9-10,13-14H,1,8,11-12H2,2-6H3;1-2H3. The second-order valence-electron chi connectivity index (χ2n) is 7.84. The molecule has 0 radical (unpaired) electrons. The topological polar surface area (TPSA) is 95.4 Å². The highest BCUT2D eigenvalue weighted by molar-refractivity contribution is 5.94. The minimum atomic E-state index is -0.0831. The van der Waals surface area contributed by atoms with Gasteiger partial charge in [-0.25, -0.2) is 14.2 Å². The van der Waals surface area contributed by atoms with Gasteiger partial charge < -0.3 is 9.64 Å². The third-order valence-corrected chi connectivity index (χ3v) is 5.69. The normalized spacial score (nSPS) is 10.7. The van der Waals surface area contributed by atoms with E-state index in [0.29, 0.717) is 30.4 Å². The zero-order valence-corrected chi connectivity index (χ0v) is 21.6. The molecule has 0 fully saturated rings. The number of aryl methyl sites for hydroxylation is 3. The number of carbonyl (C=O) groups is 1. The summed E-state index contributed by atoms with van der Waals surface area (Å²) >= 11 is 0. The van der Waals surface area contributed by atoms with Crippen molar-refractivity contribution in [1.29, 1.82) is 0 Å². The SMILES string of the molecule is C=Cc1cnc2ccc(-c3cnn(C)c3OCCN(C)C(=O)c3c(C)c(CC)nn3C)nn12.CC. The Morgan fingerprint density at radius 2 is 1.91 bits per heavy atom. The van der Waals surface area contributed by atoms with Crippen molar-refractivity contribution in [2.24, 2.45) is 14.1 Å². The highest BCUT2D eigenvalue weighted by Crippen LogP contribution is 2.28. The van der Waals surface area contributed by atoms with Crippen LogP contribution in [0.3, 0.4) is 0 Å². The summed E-state index contributed by atoms with van der Waals surface area (Å²) in [7, 11) is 5.37. The van der Waals surface area contributed by atoms with Gasteiger partial charge in [0.05, 0.1) is 41.6 Å². The third kappa shape index (κ3) is 4.96. The zero-order valence-electron chi connectivity index (χ0n) is 21.6. The third-order valence-electron chi connectivity index (χ3n) is 5.69. The molecular weight excluding hydrogens is 444 g/mol. The first-order valence-corrected chi connectivity index (χ1v) is 11.8. The van der Waals surface area contributed by atoms with E-state index in [4.69, 9.17) is 4.74 Å². The summed E-state index contributed by atoms with van der Waals surface area (Å²) in [6.07, 6.45) is 5.93. The van der Waals surface area contributed by atoms with Gasteiger partial charge in [0.1, 0.15) is 12.3 Å². The molecule has 4 aromatic rings. The van der Waals surface area contributed by atoms with Gasteiger partial charge in [0.15, 0.2) is 5.65 Å². The van der Waals surface area contributed by atoms with Crippen LogP contribution in [-0.2, 0) is 20.5 Å². The summed E-state index contributed by atoms with van der Waals surface area (Å²) < 4.78 is 11.1. The predicted octanol–water partition coefficient (Wildman–Crippen LogP) is 3.55. The van der Waals surface area contributed by atoms with Gasteiger partial charge in [0.2, 0.25) is 5.88 Å². The number of fused-ring (bicyclic) bond motifs is 1. The Hall–Kier alpha value is -3.95. The van der Waals surface area contributed by atoms with Crippen LogP contribution >= 0.6 is 0 Å². The van der Waals surface area contributed by atoms with E-state index in [0.717, 1.165) is 34.6 Å². The Bertz CT molecular complexity index is 1330. The van der Waals surface area contributed by atoms with Gasteiger partial charge in [-0.15, -0.1) is 0 Å². The number of likely N-dealkylation sites (N-methyl/N-ethyl adjacent to an activating group) is 1. The highest BCUT2D eigenvalue weighted by Gasteiger charge is 2.22. The van der Waals surface area contributed by atoms with Crippen LogP contribution in [0.15, 0.2) is 31.1 Å². The maximum atomic E-state index is 13.0. The van der Waals surface area contributed by atoms with Crippen LogP contribution < -0.4 is 4.74 Å². The van der Waals surface area contributed by atoms with Crippen LogP contribution in [0.2, 0.25) is 0 Å². The Morgan fingerprint density at radius 3 is 2.57 bits per heavy atom. The number of hydrogen-bond donors (Lipinski definition) is 0. The fourth-order valence-corrected chi connectivity index (χ4v) is 3.83. The van der Waals surface area contributed by atoms with E-state index in [2.05, 4.69) is 26.9 Å². The molecule has 0 saturated carbocycles. The predicted molar refractivity (Wildman–Crippen MR) is 136 cm³/mol. The average Bonchev–Trinajstić information content (AvgIpc) is 3.54. The molecule has 4 aromatic heterocycles. The molecule has 0 aromatic carbocycles. The fourth-order valence-electron chi connectivity index (χ4n) is 3.83. The molecule has 0 unspecified atom stereocenters. The minimum absolute atomic E-state index is 0.0831. The molecule has 1 amide bonds. The van der Waals surface area contributed by atoms with Crippen LogP contribution in [0.5, 0.6) is 5.88 Å². The second-order valence-corrected chi connectivity index (χ2v) is 7.84. The number of rotatable bonds is 8. The molecule has 4 heterocycles. The molecule has 10 nitrogen and oxygen atoms in total. The van der Waals surface area contributed by atoms with Gasteiger partial charge in [-0.2, -0.15) is 15.3 Å². The van der Waals surface area contributed by atoms with E-state index < -0.39 is 0 Å². The van der Waals surface area contributed by atoms with Crippen LogP contribution in [0.4, 0.5) is 0 Å². The lowest BCUT2D eigenvalue weighted by molar-refractivity contribution is 0.0760. The molecule has 186 valence electrons. The second kappa shape index (κ2) is 11.0. The molecule has 0 saturated heterocycles. The van der Waals surface area contributed by atoms with Crippen molar-refractivity contribution < 1.29 is 9.53 Å². The van der Waals surface area contributed by atoms with E-state index in [1.54, 1.807) is 51.3 Å². The molecule has 10 heteroatoms. The Labute approximate surface area is 205 Å². The summed E-state index contributed by atoms with van der Waals surface area (Å²) in [5.74, 6) is 0.494. The highest BCUT2D eigenvalue weighted by atomic mass is 16.5. The van der Waals surface area contributed by atoms with Crippen molar-refractivity contribution in [1.82, 2.24) is 39.1 Å². The molecule has 35 heavy (non-hydrogen) atoms. The maximum absolute atomic E-state index is 13.0. The molecule has 0 aliphatic rings. The van der Waals surface area contributed by atoms with Crippen LogP contribution in [-0.4, -0.2) is 65.2 Å². The van der Waals surface area contributed by atoms with Gasteiger partial charge in [-0.05, 0) is 31.6 Å². The van der Waals surface area contributed by atoms with E-state index in [9.17, 15) is 4.79 Å². The van der Waals surface area contributed by atoms with Gasteiger partial charge in [0, 0.05) is 26.7 Å². The van der Waals surface area contributed by atoms with Crippen molar-refractivity contribution in [2.75, 3.05) is 20.2 Å². The number of hydrogen-bond acceptors (Lipinski definition) is 6. The van der Waals surface area contributed by atoms with Gasteiger partial charge in [0.25, 0.3) is 5.91 Å². The summed E-state index contributed by atoms with van der Waals surface area (Å²) in [5.41, 5.74) is 5.46. The number of ether oxygens (including phenoxy) is 1. The zero-order chi connectivity index (χ0) is 25.7. The lowest BCUT2D eigenvalue weighted by Gasteiger charge is -2.18. The Kier molecular flexibility index (Phi) is 8.06. The monoisotopic (exact) mass is 478 g/mol. The van der Waals surface area contributed by atoms with Crippen molar-refractivity contribution >= 4 is 17.6 Å². The van der Waals surface area contributed by atoms with Crippen LogP contribution in [0.25, 0.3) is 23.0 Å². The molecule has 0 spiro atoms. The molecule has 0 aliphatic heterocycles. The summed E-state index contributed by atoms with van der Waals surface area (Å²) in [4.78, 5) is 18.9. The van der Waals surface area contributed by atoms with Crippen molar-refractivity contribution in [3.8, 4) is 17.1 Å². The summed E-state index contributed by atoms with van der Waals surface area (Å²) in [5, 5.41) is 13.4. The van der Waals surface area contributed by atoms with Gasteiger partial charge in [-0.3, -0.25) is 9.48 Å². The smallest absolute Gasteiger partial charge is 0.272 e. The van der Waals surface area contributed by atoms with E-state index in [1.165, 1.54) is 0 Å². The molecular formula is C25H34N8O2. The maximum Gasteiger partial charge on any atom is 0.272 e. The Morgan fingerprint density at radius 1 is 1.17 bits per heavy atom. The number of nitrogens with zero attached hydrogens (tertiary/aromatic N) is 8. The van der Waals surface area contributed by atoms with Gasteiger partial charge in [-0.1, -0.05) is 27.4 Å². The number of imidazole rings is 1. The van der Waals surface area contributed by atoms with Crippen molar-refractivity contribution in [3.05, 3.63) is 53.8 Å². The van der Waals surface area contributed by atoms with Crippen molar-refractivity contribution in [2.45, 2.75) is 34.1 Å². The molecule has 0 aliphatic carbocycles. The van der Waals surface area contributed by atoms with E-state index in [1.807, 2.05) is 46.9 Å². The van der Waals surface area contributed by atoms with Crippen LogP contribution in [0.1, 0.15) is 48.2 Å². The number of carbonyl (C=O) groups excluding carboxylic acids is 1. The summed E-state index contributed by atoms with van der Waals surface area (Å²) in [6.45, 7) is 12.5. The first-order valence-electron chi connectivity index (χ1n) is 11.8. The van der Waals surface area contributed by atoms with Crippen molar-refractivity contribution in [3.63, 3.8) is 0 Å². The lowest BCUT2D eigenvalue weighted by Crippen LogP contribution is -2.32. The quantitative estimate of drug-likeness (QED) is 0.384. The largest absolute Gasteiger partial charge is 0.475 e. The molecule has 0 N–H and O–H groups in total. The number of aromatic nitrogens is 7. The molecule has 0 atom stereocenters. The average molecular weight is 479 g/mol. The number of amides is 1. The van der Waals surface area contributed by atoms with E-state index >= 15 is 0 Å². The van der Waals surface area contributed by atoms with E-state index in [-0.39, 0.29) is 5.91 Å². The van der Waals surface area contributed by atoms with Crippen LogP contribution in [0, 0.1) is 6.92 Å². The Balaban J connectivity index is 0.00000167. The first-order chi connectivity index (χ1) is 16.8. The lowest BCUT2D eigenvalue weighted by atomic mass is 10.1. The first kappa shape index (κ1) is 25.7. The van der Waals surface area contributed by atoms with Gasteiger partial charge >= 0.3 is 0 Å². The summed E-state index contributed by atoms with van der Waals surface area (Å²) in [6, 6.07) is 3.77. The molecule has 0 bridgehead atoms. The fraction of sp³-hybridized carbons (Fsp3) is 0.400.